The number of carbonyl (C=O) groups excluding carboxylic acids is 4. The van der Waals surface area contributed by atoms with Crippen LogP contribution in [0.3, 0.4) is 0 Å². The first-order valence-corrected chi connectivity index (χ1v) is 45.2. The summed E-state index contributed by atoms with van der Waals surface area (Å²) in [5.41, 5.74) is 0. The molecule has 0 rings (SSSR count). The maximum Gasteiger partial charge on any atom is 0.472 e. The molecule has 0 saturated heterocycles. The first-order chi connectivity index (χ1) is 48.6. The molecule has 5 atom stereocenters. The third-order valence-corrected chi connectivity index (χ3v) is 21.0. The monoisotopic (exact) mass is 1480 g/mol. The van der Waals surface area contributed by atoms with Gasteiger partial charge in [-0.25, -0.2) is 9.13 Å². The van der Waals surface area contributed by atoms with E-state index in [9.17, 15) is 43.2 Å². The highest BCUT2D eigenvalue weighted by Crippen LogP contribution is 2.45. The summed E-state index contributed by atoms with van der Waals surface area (Å²) in [6.45, 7) is 14.3. The molecule has 0 bridgehead atoms. The lowest BCUT2D eigenvalue weighted by molar-refractivity contribution is -0.161. The van der Waals surface area contributed by atoms with Crippen molar-refractivity contribution in [1.82, 2.24) is 0 Å². The van der Waals surface area contributed by atoms with Crippen molar-refractivity contribution in [2.24, 2.45) is 23.7 Å². The number of ether oxygens (including phenoxy) is 4. The van der Waals surface area contributed by atoms with Crippen molar-refractivity contribution >= 4 is 39.5 Å². The van der Waals surface area contributed by atoms with Gasteiger partial charge in [0, 0.05) is 25.7 Å². The van der Waals surface area contributed by atoms with Gasteiger partial charge in [-0.15, -0.1) is 0 Å². The van der Waals surface area contributed by atoms with E-state index >= 15 is 0 Å². The Kier molecular flexibility index (Phi) is 69.6. The maximum absolute atomic E-state index is 13.1. The Morgan fingerprint density at radius 1 is 0.248 bits per heavy atom. The Morgan fingerprint density at radius 2 is 0.416 bits per heavy atom. The summed E-state index contributed by atoms with van der Waals surface area (Å²) in [4.78, 5) is 73.0. The standard InChI is InChI=1S/C82H160O17P2/c1-72(2)58-50-42-34-27-21-16-12-9-10-14-19-25-31-39-48-56-64-81(86)98-77(68-92-79(84)62-54-46-38-30-24-18-15-11-13-17-22-28-35-43-51-59-73(3)4)70-96-100(88,89)94-66-76(83)67-95-101(90,91)97-71-78(69-93-80(85)63-55-47-41-33-37-45-53-61-75(7)8)99-82(87)65-57-49-40-32-26-20-23-29-36-44-52-60-74(5)6/h72-78,83H,9-71H2,1-8H3,(H,88,89)(H,90,91)/t76?,77-,78-/m1/s1. The van der Waals surface area contributed by atoms with E-state index in [0.717, 1.165) is 114 Å². The highest BCUT2D eigenvalue weighted by Gasteiger charge is 2.30. The smallest absolute Gasteiger partial charge is 0.462 e. The second kappa shape index (κ2) is 71.0. The first kappa shape index (κ1) is 99.1. The third kappa shape index (κ3) is 76.1. The Labute approximate surface area is 619 Å². The molecule has 0 aromatic rings. The Bertz CT molecular complexity index is 1970. The highest BCUT2D eigenvalue weighted by atomic mass is 31.2. The number of carbonyl (C=O) groups is 4. The van der Waals surface area contributed by atoms with Crippen molar-refractivity contribution in [2.45, 2.75) is 440 Å². The fraction of sp³-hybridized carbons (Fsp3) is 0.951. The number of aliphatic hydroxyl groups is 1. The largest absolute Gasteiger partial charge is 0.472 e. The summed E-state index contributed by atoms with van der Waals surface area (Å²) in [5, 5.41) is 10.6. The van der Waals surface area contributed by atoms with E-state index in [-0.39, 0.29) is 25.7 Å². The van der Waals surface area contributed by atoms with Gasteiger partial charge in [-0.1, -0.05) is 370 Å². The predicted molar refractivity (Wildman–Crippen MR) is 414 cm³/mol. The molecule has 19 heteroatoms. The zero-order valence-corrected chi connectivity index (χ0v) is 68.3. The van der Waals surface area contributed by atoms with Crippen LogP contribution in [0.15, 0.2) is 0 Å². The number of rotatable bonds is 79. The summed E-state index contributed by atoms with van der Waals surface area (Å²) in [6, 6.07) is 0. The topological polar surface area (TPSA) is 237 Å². The van der Waals surface area contributed by atoms with Gasteiger partial charge in [0.1, 0.15) is 19.3 Å². The molecule has 0 amide bonds. The van der Waals surface area contributed by atoms with Crippen LogP contribution in [-0.2, 0) is 65.4 Å². The van der Waals surface area contributed by atoms with Crippen molar-refractivity contribution in [1.29, 1.82) is 0 Å². The van der Waals surface area contributed by atoms with Crippen molar-refractivity contribution in [2.75, 3.05) is 39.6 Å². The number of hydrogen-bond acceptors (Lipinski definition) is 15. The molecule has 0 aliphatic heterocycles. The molecular formula is C82H160O17P2. The van der Waals surface area contributed by atoms with Gasteiger partial charge in [-0.3, -0.25) is 37.3 Å². The quantitative estimate of drug-likeness (QED) is 0.0222. The molecule has 17 nitrogen and oxygen atoms in total. The highest BCUT2D eigenvalue weighted by molar-refractivity contribution is 7.47. The summed E-state index contributed by atoms with van der Waals surface area (Å²) >= 11 is 0. The average Bonchev–Trinajstić information content (AvgIpc) is 0.917. The van der Waals surface area contributed by atoms with Crippen LogP contribution in [-0.4, -0.2) is 96.7 Å². The van der Waals surface area contributed by atoms with Crippen molar-refractivity contribution < 1.29 is 80.2 Å². The molecule has 0 aromatic carbocycles. The summed E-state index contributed by atoms with van der Waals surface area (Å²) in [6.07, 6.45) is 58.4. The minimum atomic E-state index is -4.96. The maximum atomic E-state index is 13.1. The lowest BCUT2D eigenvalue weighted by Crippen LogP contribution is -2.30. The molecule has 0 fully saturated rings. The Hall–Kier alpha value is -1.94. The van der Waals surface area contributed by atoms with E-state index in [4.69, 9.17) is 37.0 Å². The van der Waals surface area contributed by atoms with Crippen LogP contribution in [0, 0.1) is 23.7 Å². The number of hydrogen-bond donors (Lipinski definition) is 3. The molecule has 0 radical (unpaired) electrons. The van der Waals surface area contributed by atoms with E-state index < -0.39 is 97.5 Å². The van der Waals surface area contributed by atoms with Gasteiger partial charge in [0.05, 0.1) is 26.4 Å². The molecule has 101 heavy (non-hydrogen) atoms. The summed E-state index contributed by atoms with van der Waals surface area (Å²) < 4.78 is 68.7. The molecule has 3 unspecified atom stereocenters. The van der Waals surface area contributed by atoms with Crippen LogP contribution in [0.1, 0.15) is 421 Å². The van der Waals surface area contributed by atoms with Gasteiger partial charge in [-0.05, 0) is 49.4 Å². The lowest BCUT2D eigenvalue weighted by atomic mass is 10.0. The molecule has 0 heterocycles. The molecule has 0 aliphatic rings. The van der Waals surface area contributed by atoms with Gasteiger partial charge < -0.3 is 33.8 Å². The SMILES string of the molecule is CC(C)CCCCCCCCCCCCCCCCCCC(=O)O[C@H](COC(=O)CCCCCCCCCCCCCCCCCC(C)C)COP(=O)(O)OCC(O)COP(=O)(O)OC[C@@H](COC(=O)CCCCCCCCCC(C)C)OC(=O)CCCCCCCCCCCCCC(C)C. The van der Waals surface area contributed by atoms with Crippen LogP contribution in [0.4, 0.5) is 0 Å². The van der Waals surface area contributed by atoms with E-state index in [1.807, 2.05) is 0 Å². The van der Waals surface area contributed by atoms with Gasteiger partial charge in [0.25, 0.3) is 0 Å². The number of unbranched alkanes of at least 4 members (excludes halogenated alkanes) is 45. The van der Waals surface area contributed by atoms with Crippen LogP contribution in [0.25, 0.3) is 0 Å². The van der Waals surface area contributed by atoms with E-state index in [0.29, 0.717) is 31.6 Å². The Balaban J connectivity index is 5.24. The Morgan fingerprint density at radius 3 is 0.614 bits per heavy atom. The van der Waals surface area contributed by atoms with Crippen molar-refractivity contribution in [3.63, 3.8) is 0 Å². The van der Waals surface area contributed by atoms with Crippen molar-refractivity contribution in [3.8, 4) is 0 Å². The van der Waals surface area contributed by atoms with E-state index in [2.05, 4.69) is 55.4 Å². The first-order valence-electron chi connectivity index (χ1n) is 42.2. The van der Waals surface area contributed by atoms with Crippen LogP contribution in [0.2, 0.25) is 0 Å². The summed E-state index contributed by atoms with van der Waals surface area (Å²) in [7, 11) is -9.92. The molecule has 3 N–H and O–H groups in total. The molecule has 0 aromatic heterocycles. The summed E-state index contributed by atoms with van der Waals surface area (Å²) in [5.74, 6) is 0.973. The van der Waals surface area contributed by atoms with E-state index in [1.54, 1.807) is 0 Å². The van der Waals surface area contributed by atoms with Crippen LogP contribution in [0.5, 0.6) is 0 Å². The zero-order valence-electron chi connectivity index (χ0n) is 66.5. The predicted octanol–water partition coefficient (Wildman–Crippen LogP) is 24.4. The molecule has 0 aliphatic carbocycles. The molecular weight excluding hydrogens is 1320 g/mol. The number of phosphoric ester groups is 2. The van der Waals surface area contributed by atoms with Crippen molar-refractivity contribution in [3.05, 3.63) is 0 Å². The minimum Gasteiger partial charge on any atom is -0.462 e. The molecule has 0 spiro atoms. The van der Waals surface area contributed by atoms with Gasteiger partial charge in [-0.2, -0.15) is 0 Å². The van der Waals surface area contributed by atoms with Crippen LogP contribution < -0.4 is 0 Å². The van der Waals surface area contributed by atoms with Gasteiger partial charge in [0.15, 0.2) is 12.2 Å². The average molecular weight is 1480 g/mol. The van der Waals surface area contributed by atoms with Gasteiger partial charge >= 0.3 is 39.5 Å². The number of aliphatic hydroxyl groups excluding tert-OH is 1. The normalized spacial score (nSPS) is 14.0. The zero-order chi connectivity index (χ0) is 74.6. The lowest BCUT2D eigenvalue weighted by Gasteiger charge is -2.21. The number of esters is 4. The second-order valence-electron chi connectivity index (χ2n) is 31.4. The fourth-order valence-corrected chi connectivity index (χ4v) is 14.2. The number of phosphoric acid groups is 2. The fourth-order valence-electron chi connectivity index (χ4n) is 12.6. The van der Waals surface area contributed by atoms with Gasteiger partial charge in [0.2, 0.25) is 0 Å². The minimum absolute atomic E-state index is 0.105. The molecule has 0 saturated carbocycles. The second-order valence-corrected chi connectivity index (χ2v) is 34.3. The third-order valence-electron chi connectivity index (χ3n) is 19.1. The van der Waals surface area contributed by atoms with Crippen LogP contribution >= 0.6 is 15.6 Å². The van der Waals surface area contributed by atoms with E-state index in [1.165, 1.54) is 218 Å². The molecule has 600 valence electrons.